The molecular weight excluding hydrogens is 434 g/mol. The number of carbonyl (C=O) groups is 1. The van der Waals surface area contributed by atoms with Gasteiger partial charge in [-0.2, -0.15) is 0 Å². The molecule has 1 amide bonds. The number of rotatable bonds is 6. The Labute approximate surface area is 198 Å². The summed E-state index contributed by atoms with van der Waals surface area (Å²) in [5.74, 6) is 1.31. The van der Waals surface area contributed by atoms with Gasteiger partial charge in [0, 0.05) is 55.9 Å². The van der Waals surface area contributed by atoms with E-state index in [0.29, 0.717) is 49.1 Å². The van der Waals surface area contributed by atoms with Gasteiger partial charge in [0.1, 0.15) is 18.8 Å². The summed E-state index contributed by atoms with van der Waals surface area (Å²) in [4.78, 5) is 29.1. The van der Waals surface area contributed by atoms with Crippen LogP contribution in [0.1, 0.15) is 18.1 Å². The zero-order valence-corrected chi connectivity index (χ0v) is 19.3. The van der Waals surface area contributed by atoms with Crippen molar-refractivity contribution in [2.45, 2.75) is 19.9 Å². The number of anilines is 1. The van der Waals surface area contributed by atoms with E-state index in [1.165, 1.54) is 5.56 Å². The maximum atomic E-state index is 12.6. The molecule has 3 heterocycles. The van der Waals surface area contributed by atoms with Crippen LogP contribution >= 0.6 is 0 Å². The molecule has 3 aromatic rings. The molecule has 0 atom stereocenters. The molecule has 0 bridgehead atoms. The number of ether oxygens (including phenoxy) is 2. The van der Waals surface area contributed by atoms with Crippen molar-refractivity contribution in [2.75, 3.05) is 51.3 Å². The number of fused-ring (bicyclic) bond motifs is 2. The third kappa shape index (κ3) is 5.08. The van der Waals surface area contributed by atoms with Crippen molar-refractivity contribution >= 4 is 22.6 Å². The van der Waals surface area contributed by atoms with Crippen LogP contribution in [0.15, 0.2) is 51.7 Å². The van der Waals surface area contributed by atoms with Gasteiger partial charge in [-0.05, 0) is 41.8 Å². The number of amides is 1. The summed E-state index contributed by atoms with van der Waals surface area (Å²) in [5, 5.41) is 3.95. The monoisotopic (exact) mass is 463 g/mol. The van der Waals surface area contributed by atoms with E-state index in [1.54, 1.807) is 12.1 Å². The normalized spacial score (nSPS) is 16.5. The molecule has 1 saturated heterocycles. The summed E-state index contributed by atoms with van der Waals surface area (Å²) < 4.78 is 16.5. The molecule has 0 radical (unpaired) electrons. The molecule has 1 fully saturated rings. The van der Waals surface area contributed by atoms with Gasteiger partial charge in [0.05, 0.1) is 6.54 Å². The van der Waals surface area contributed by atoms with Crippen LogP contribution < -0.4 is 20.4 Å². The second kappa shape index (κ2) is 9.87. The Hall–Kier alpha value is -3.36. The van der Waals surface area contributed by atoms with Crippen LogP contribution in [-0.4, -0.2) is 61.6 Å². The van der Waals surface area contributed by atoms with E-state index >= 15 is 0 Å². The molecule has 2 aliphatic rings. The Morgan fingerprint density at radius 1 is 0.941 bits per heavy atom. The van der Waals surface area contributed by atoms with Crippen LogP contribution in [0.25, 0.3) is 11.0 Å². The minimum atomic E-state index is -0.318. The second-order valence-corrected chi connectivity index (χ2v) is 8.73. The zero-order valence-electron chi connectivity index (χ0n) is 19.3. The summed E-state index contributed by atoms with van der Waals surface area (Å²) in [5.41, 5.74) is 3.23. The summed E-state index contributed by atoms with van der Waals surface area (Å²) in [6.07, 6.45) is 0.932. The second-order valence-electron chi connectivity index (χ2n) is 8.73. The molecule has 178 valence electrons. The van der Waals surface area contributed by atoms with E-state index in [-0.39, 0.29) is 11.5 Å². The molecule has 2 aromatic carbocycles. The van der Waals surface area contributed by atoms with Gasteiger partial charge in [0.2, 0.25) is 5.91 Å². The standard InChI is InChI=1S/C26H29N3O5/c1-2-18-3-5-22-21(13-18)19(14-26(31)34-22)16-28-7-9-29(10-8-28)17-25(30)27-20-4-6-23-24(15-20)33-12-11-32-23/h3-6,13-15H,2,7-12,16-17H2,1H3,(H,27,30). The van der Waals surface area contributed by atoms with Crippen molar-refractivity contribution in [3.8, 4) is 11.5 Å². The fourth-order valence-electron chi connectivity index (χ4n) is 4.50. The van der Waals surface area contributed by atoms with Crippen molar-refractivity contribution in [2.24, 2.45) is 0 Å². The van der Waals surface area contributed by atoms with Gasteiger partial charge in [0.15, 0.2) is 11.5 Å². The van der Waals surface area contributed by atoms with E-state index < -0.39 is 0 Å². The predicted molar refractivity (Wildman–Crippen MR) is 130 cm³/mol. The molecule has 1 aromatic heterocycles. The number of hydrogen-bond donors (Lipinski definition) is 1. The Morgan fingerprint density at radius 3 is 2.50 bits per heavy atom. The summed E-state index contributed by atoms with van der Waals surface area (Å²) in [7, 11) is 0. The van der Waals surface area contributed by atoms with Gasteiger partial charge in [-0.25, -0.2) is 4.79 Å². The van der Waals surface area contributed by atoms with Gasteiger partial charge in [-0.1, -0.05) is 13.0 Å². The van der Waals surface area contributed by atoms with Crippen LogP contribution in [0.5, 0.6) is 11.5 Å². The Balaban J connectivity index is 1.16. The summed E-state index contributed by atoms with van der Waals surface area (Å²) in [6, 6.07) is 13.1. The lowest BCUT2D eigenvalue weighted by Crippen LogP contribution is -2.48. The van der Waals surface area contributed by atoms with E-state index in [0.717, 1.165) is 43.5 Å². The highest BCUT2D eigenvalue weighted by molar-refractivity contribution is 5.92. The third-order valence-corrected chi connectivity index (χ3v) is 6.35. The lowest BCUT2D eigenvalue weighted by molar-refractivity contribution is -0.117. The Kier molecular flexibility index (Phi) is 6.51. The lowest BCUT2D eigenvalue weighted by atomic mass is 10.0. The number of nitrogens with zero attached hydrogens (tertiary/aromatic N) is 2. The van der Waals surface area contributed by atoms with Crippen molar-refractivity contribution in [1.82, 2.24) is 9.80 Å². The highest BCUT2D eigenvalue weighted by atomic mass is 16.6. The Bertz CT molecular complexity index is 1250. The first-order valence-corrected chi connectivity index (χ1v) is 11.8. The maximum absolute atomic E-state index is 12.6. The third-order valence-electron chi connectivity index (χ3n) is 6.35. The molecule has 0 spiro atoms. The molecule has 34 heavy (non-hydrogen) atoms. The molecule has 2 aliphatic heterocycles. The van der Waals surface area contributed by atoms with Crippen LogP contribution in [-0.2, 0) is 17.8 Å². The van der Waals surface area contributed by atoms with Gasteiger partial charge >= 0.3 is 5.63 Å². The highest BCUT2D eigenvalue weighted by Gasteiger charge is 2.21. The molecule has 0 aliphatic carbocycles. The number of aryl methyl sites for hydroxylation is 1. The van der Waals surface area contributed by atoms with Gasteiger partial charge in [-0.3, -0.25) is 14.6 Å². The zero-order chi connectivity index (χ0) is 23.5. The van der Waals surface area contributed by atoms with Crippen LogP contribution in [0, 0.1) is 0 Å². The number of hydrogen-bond acceptors (Lipinski definition) is 7. The summed E-state index contributed by atoms with van der Waals surface area (Å²) in [6.45, 7) is 7.41. The first-order valence-electron chi connectivity index (χ1n) is 11.8. The maximum Gasteiger partial charge on any atom is 0.336 e. The highest BCUT2D eigenvalue weighted by Crippen LogP contribution is 2.32. The molecule has 8 nitrogen and oxygen atoms in total. The quantitative estimate of drug-likeness (QED) is 0.563. The van der Waals surface area contributed by atoms with Crippen LogP contribution in [0.4, 0.5) is 5.69 Å². The largest absolute Gasteiger partial charge is 0.486 e. The minimum absolute atomic E-state index is 0.0520. The molecule has 5 rings (SSSR count). The van der Waals surface area contributed by atoms with Crippen LogP contribution in [0.3, 0.4) is 0 Å². The average molecular weight is 464 g/mol. The van der Waals surface area contributed by atoms with E-state index in [2.05, 4.69) is 28.1 Å². The lowest BCUT2D eigenvalue weighted by Gasteiger charge is -2.34. The number of nitrogens with one attached hydrogen (secondary N) is 1. The van der Waals surface area contributed by atoms with Crippen molar-refractivity contribution in [3.05, 3.63) is 64.0 Å². The SMILES string of the molecule is CCc1ccc2oc(=O)cc(CN3CCN(CC(=O)Nc4ccc5c(c4)OCCO5)CC3)c2c1. The van der Waals surface area contributed by atoms with Crippen molar-refractivity contribution in [1.29, 1.82) is 0 Å². The molecule has 0 saturated carbocycles. The van der Waals surface area contributed by atoms with Crippen molar-refractivity contribution in [3.63, 3.8) is 0 Å². The number of carbonyl (C=O) groups excluding carboxylic acids is 1. The molecule has 1 N–H and O–H groups in total. The van der Waals surface area contributed by atoms with Crippen molar-refractivity contribution < 1.29 is 18.7 Å². The fraction of sp³-hybridized carbons (Fsp3) is 0.385. The van der Waals surface area contributed by atoms with E-state index in [4.69, 9.17) is 13.9 Å². The van der Waals surface area contributed by atoms with Gasteiger partial charge in [0.25, 0.3) is 0 Å². The van der Waals surface area contributed by atoms with Crippen LogP contribution in [0.2, 0.25) is 0 Å². The molecule has 8 heteroatoms. The summed E-state index contributed by atoms with van der Waals surface area (Å²) >= 11 is 0. The van der Waals surface area contributed by atoms with E-state index in [1.807, 2.05) is 24.3 Å². The fourth-order valence-corrected chi connectivity index (χ4v) is 4.50. The minimum Gasteiger partial charge on any atom is -0.486 e. The smallest absolute Gasteiger partial charge is 0.336 e. The topological polar surface area (TPSA) is 84.3 Å². The first-order chi connectivity index (χ1) is 16.6. The molecular formula is C26H29N3O5. The molecule has 0 unspecified atom stereocenters. The van der Waals surface area contributed by atoms with E-state index in [9.17, 15) is 9.59 Å². The number of benzene rings is 2. The van der Waals surface area contributed by atoms with Gasteiger partial charge < -0.3 is 19.2 Å². The average Bonchev–Trinajstić information content (AvgIpc) is 2.85. The Morgan fingerprint density at radius 2 is 1.71 bits per heavy atom. The predicted octanol–water partition coefficient (Wildman–Crippen LogP) is 2.88. The van der Waals surface area contributed by atoms with Gasteiger partial charge in [-0.15, -0.1) is 0 Å². The number of piperazine rings is 1. The first kappa shape index (κ1) is 22.4.